The van der Waals surface area contributed by atoms with Gasteiger partial charge in [0, 0.05) is 22.4 Å². The van der Waals surface area contributed by atoms with Gasteiger partial charge in [-0.05, 0) is 68.9 Å². The molecule has 6 heteroatoms. The summed E-state index contributed by atoms with van der Waals surface area (Å²) >= 11 is 1.86. The lowest BCUT2D eigenvalue weighted by molar-refractivity contribution is 0.243. The SMILES string of the molecule is CCC(C)Sc1ccc(NC(=O)NCC(c2cccc(OC)c2)N(C)C)c(C)c1. The molecule has 2 aromatic carbocycles. The molecular formula is C23H33N3O2S. The summed E-state index contributed by atoms with van der Waals surface area (Å²) in [5, 5.41) is 6.54. The van der Waals surface area contributed by atoms with Gasteiger partial charge in [0.1, 0.15) is 5.75 Å². The molecule has 0 spiro atoms. The van der Waals surface area contributed by atoms with Gasteiger partial charge in [-0.2, -0.15) is 0 Å². The zero-order chi connectivity index (χ0) is 21.4. The first kappa shape index (κ1) is 23.1. The third-order valence-electron chi connectivity index (χ3n) is 4.92. The standard InChI is InChI=1S/C23H33N3O2S/c1-7-17(3)29-20-11-12-21(16(2)13-20)25-23(27)24-15-22(26(4)5)18-9-8-10-19(14-18)28-6/h8-14,17,22H,7,15H2,1-6H3,(H2,24,25,27). The van der Waals surface area contributed by atoms with E-state index in [-0.39, 0.29) is 12.1 Å². The minimum Gasteiger partial charge on any atom is -0.497 e. The zero-order valence-electron chi connectivity index (χ0n) is 18.3. The summed E-state index contributed by atoms with van der Waals surface area (Å²) in [6.07, 6.45) is 1.13. The van der Waals surface area contributed by atoms with Crippen LogP contribution in [0.3, 0.4) is 0 Å². The highest BCUT2D eigenvalue weighted by Crippen LogP contribution is 2.28. The van der Waals surface area contributed by atoms with Crippen LogP contribution in [0.5, 0.6) is 5.75 Å². The van der Waals surface area contributed by atoms with Crippen LogP contribution >= 0.6 is 11.8 Å². The molecule has 2 aromatic rings. The number of hydrogen-bond donors (Lipinski definition) is 2. The largest absolute Gasteiger partial charge is 0.497 e. The van der Waals surface area contributed by atoms with Crippen LogP contribution in [0, 0.1) is 6.92 Å². The van der Waals surface area contributed by atoms with Gasteiger partial charge in [0.05, 0.1) is 13.2 Å². The van der Waals surface area contributed by atoms with E-state index in [0.29, 0.717) is 11.8 Å². The summed E-state index contributed by atoms with van der Waals surface area (Å²) in [5.74, 6) is 0.810. The average molecular weight is 416 g/mol. The number of anilines is 1. The van der Waals surface area contributed by atoms with Crippen LogP contribution in [0.25, 0.3) is 0 Å². The number of aryl methyl sites for hydroxylation is 1. The van der Waals surface area contributed by atoms with Crippen LogP contribution in [-0.4, -0.2) is 43.9 Å². The van der Waals surface area contributed by atoms with Gasteiger partial charge in [0.2, 0.25) is 0 Å². The minimum absolute atomic E-state index is 0.0475. The predicted octanol–water partition coefficient (Wildman–Crippen LogP) is 5.32. The van der Waals surface area contributed by atoms with Crippen molar-refractivity contribution in [2.45, 2.75) is 43.4 Å². The number of carbonyl (C=O) groups excluding carboxylic acids is 1. The van der Waals surface area contributed by atoms with E-state index < -0.39 is 0 Å². The molecule has 0 saturated carbocycles. The quantitative estimate of drug-likeness (QED) is 0.544. The number of rotatable bonds is 9. The van der Waals surface area contributed by atoms with Crippen LogP contribution in [0.1, 0.15) is 37.4 Å². The second-order valence-corrected chi connectivity index (χ2v) is 8.92. The fourth-order valence-electron chi connectivity index (χ4n) is 2.97. The fourth-order valence-corrected chi connectivity index (χ4v) is 3.99. The van der Waals surface area contributed by atoms with Crippen LogP contribution in [0.2, 0.25) is 0 Å². The molecule has 0 bridgehead atoms. The highest BCUT2D eigenvalue weighted by atomic mass is 32.2. The molecule has 0 heterocycles. The molecule has 2 unspecified atom stereocenters. The molecule has 2 amide bonds. The van der Waals surface area contributed by atoms with E-state index in [1.54, 1.807) is 7.11 Å². The lowest BCUT2D eigenvalue weighted by Gasteiger charge is -2.25. The smallest absolute Gasteiger partial charge is 0.319 e. The van der Waals surface area contributed by atoms with E-state index in [4.69, 9.17) is 4.74 Å². The third kappa shape index (κ3) is 6.98. The summed E-state index contributed by atoms with van der Waals surface area (Å²) in [6, 6.07) is 14.0. The Morgan fingerprint density at radius 3 is 2.59 bits per heavy atom. The van der Waals surface area contributed by atoms with Gasteiger partial charge in [0.15, 0.2) is 0 Å². The maximum Gasteiger partial charge on any atom is 0.319 e. The normalized spacial score (nSPS) is 13.1. The highest BCUT2D eigenvalue weighted by Gasteiger charge is 2.16. The lowest BCUT2D eigenvalue weighted by Crippen LogP contribution is -2.37. The third-order valence-corrected chi connectivity index (χ3v) is 6.18. The van der Waals surface area contributed by atoms with Crippen LogP contribution < -0.4 is 15.4 Å². The minimum atomic E-state index is -0.204. The molecule has 2 N–H and O–H groups in total. The number of carbonyl (C=O) groups is 1. The van der Waals surface area contributed by atoms with Crippen molar-refractivity contribution in [3.8, 4) is 5.75 Å². The number of benzene rings is 2. The topological polar surface area (TPSA) is 53.6 Å². The van der Waals surface area contributed by atoms with E-state index in [9.17, 15) is 4.79 Å². The molecule has 0 radical (unpaired) electrons. The van der Waals surface area contributed by atoms with E-state index in [0.717, 1.165) is 29.0 Å². The molecule has 2 rings (SSSR count). The van der Waals surface area contributed by atoms with E-state index in [2.05, 4.69) is 41.5 Å². The fraction of sp³-hybridized carbons (Fsp3) is 0.435. The highest BCUT2D eigenvalue weighted by molar-refractivity contribution is 7.99. The van der Waals surface area contributed by atoms with Gasteiger partial charge in [-0.3, -0.25) is 0 Å². The first-order valence-corrected chi connectivity index (χ1v) is 10.8. The van der Waals surface area contributed by atoms with Crippen LogP contribution in [0.15, 0.2) is 47.4 Å². The number of nitrogens with zero attached hydrogens (tertiary/aromatic N) is 1. The molecule has 0 saturated heterocycles. The van der Waals surface area contributed by atoms with Gasteiger partial charge >= 0.3 is 6.03 Å². The number of hydrogen-bond acceptors (Lipinski definition) is 4. The lowest BCUT2D eigenvalue weighted by atomic mass is 10.1. The number of methoxy groups -OCH3 is 1. The van der Waals surface area contributed by atoms with E-state index in [1.807, 2.05) is 63.1 Å². The van der Waals surface area contributed by atoms with E-state index in [1.165, 1.54) is 4.90 Å². The number of likely N-dealkylation sites (N-methyl/N-ethyl adjacent to an activating group) is 1. The molecule has 0 fully saturated rings. The average Bonchev–Trinajstić information content (AvgIpc) is 2.70. The Kier molecular flexibility index (Phi) is 8.86. The maximum atomic E-state index is 12.5. The second kappa shape index (κ2) is 11.1. The monoisotopic (exact) mass is 415 g/mol. The predicted molar refractivity (Wildman–Crippen MR) is 123 cm³/mol. The summed E-state index contributed by atoms with van der Waals surface area (Å²) < 4.78 is 5.32. The van der Waals surface area contributed by atoms with Crippen molar-refractivity contribution in [2.24, 2.45) is 0 Å². The van der Waals surface area contributed by atoms with Crippen LogP contribution in [-0.2, 0) is 0 Å². The molecule has 5 nitrogen and oxygen atoms in total. The zero-order valence-corrected chi connectivity index (χ0v) is 19.1. The number of thioether (sulfide) groups is 1. The Morgan fingerprint density at radius 2 is 1.97 bits per heavy atom. The van der Waals surface area contributed by atoms with Gasteiger partial charge in [-0.1, -0.05) is 26.0 Å². The van der Waals surface area contributed by atoms with Crippen molar-refractivity contribution in [1.82, 2.24) is 10.2 Å². The number of ether oxygens (including phenoxy) is 1. The van der Waals surface area contributed by atoms with Gasteiger partial charge in [0.25, 0.3) is 0 Å². The summed E-state index contributed by atoms with van der Waals surface area (Å²) in [7, 11) is 5.66. The number of nitrogens with one attached hydrogen (secondary N) is 2. The van der Waals surface area contributed by atoms with Crippen molar-refractivity contribution in [2.75, 3.05) is 33.1 Å². The molecule has 0 aliphatic rings. The Hall–Kier alpha value is -2.18. The molecule has 29 heavy (non-hydrogen) atoms. The Bertz CT molecular complexity index is 810. The van der Waals surface area contributed by atoms with Crippen LogP contribution in [0.4, 0.5) is 10.5 Å². The van der Waals surface area contributed by atoms with Crippen molar-refractivity contribution in [3.63, 3.8) is 0 Å². The first-order chi connectivity index (χ1) is 13.8. The summed E-state index contributed by atoms with van der Waals surface area (Å²) in [5.41, 5.74) is 2.99. The van der Waals surface area contributed by atoms with E-state index >= 15 is 0 Å². The molecule has 0 aliphatic heterocycles. The molecule has 2 atom stereocenters. The van der Waals surface area contributed by atoms with Crippen molar-refractivity contribution in [3.05, 3.63) is 53.6 Å². The molecular weight excluding hydrogens is 382 g/mol. The van der Waals surface area contributed by atoms with Crippen molar-refractivity contribution < 1.29 is 9.53 Å². The molecule has 0 aliphatic carbocycles. The number of urea groups is 1. The second-order valence-electron chi connectivity index (χ2n) is 7.40. The van der Waals surface area contributed by atoms with Crippen molar-refractivity contribution in [1.29, 1.82) is 0 Å². The molecule has 158 valence electrons. The summed E-state index contributed by atoms with van der Waals surface area (Å²) in [6.45, 7) is 6.93. The summed E-state index contributed by atoms with van der Waals surface area (Å²) in [4.78, 5) is 15.8. The Morgan fingerprint density at radius 1 is 1.21 bits per heavy atom. The maximum absolute atomic E-state index is 12.5. The van der Waals surface area contributed by atoms with Gasteiger partial charge < -0.3 is 20.3 Å². The van der Waals surface area contributed by atoms with Crippen molar-refractivity contribution >= 4 is 23.5 Å². The van der Waals surface area contributed by atoms with Gasteiger partial charge in [-0.25, -0.2) is 4.79 Å². The first-order valence-electron chi connectivity index (χ1n) is 9.96. The molecule has 0 aromatic heterocycles. The number of amides is 2. The van der Waals surface area contributed by atoms with Gasteiger partial charge in [-0.15, -0.1) is 11.8 Å². The Labute approximate surface area is 179 Å². The Balaban J connectivity index is 1.98.